The second-order valence-corrected chi connectivity index (χ2v) is 22.6. The molecule has 63 heavy (non-hydrogen) atoms. The largest absolute Gasteiger partial charge is 0.501 e. The minimum atomic E-state index is -1.34. The van der Waals surface area contributed by atoms with Crippen molar-refractivity contribution in [1.29, 1.82) is 0 Å². The van der Waals surface area contributed by atoms with Gasteiger partial charge in [-0.1, -0.05) is 159 Å². The Labute approximate surface area is 383 Å². The number of pyridine rings is 1. The molecule has 0 bridgehead atoms. The zero-order valence-electron chi connectivity index (χ0n) is 36.1. The molecule has 0 N–H and O–H groups in total. The third kappa shape index (κ3) is 8.07. The second kappa shape index (κ2) is 17.4. The van der Waals surface area contributed by atoms with Gasteiger partial charge in [0, 0.05) is 42.8 Å². The van der Waals surface area contributed by atoms with Crippen LogP contribution in [0.2, 0.25) is 19.6 Å². The van der Waals surface area contributed by atoms with E-state index in [9.17, 15) is 0 Å². The fraction of sp³-hybridized carbons (Fsp3) is 0.123. The molecule has 0 aliphatic rings. The van der Waals surface area contributed by atoms with Gasteiger partial charge in [0.2, 0.25) is 0 Å². The molecular formula is C57H47IrN3OSi-2. The third-order valence-electron chi connectivity index (χ3n) is 11.7. The average Bonchev–Trinajstić information content (AvgIpc) is 3.89. The number of para-hydroxylation sites is 1. The smallest absolute Gasteiger partial charge is 0.120 e. The van der Waals surface area contributed by atoms with E-state index >= 15 is 0 Å². The summed E-state index contributed by atoms with van der Waals surface area (Å²) in [5.41, 5.74) is 11.5. The van der Waals surface area contributed by atoms with Crippen LogP contribution >= 0.6 is 0 Å². The Kier molecular flexibility index (Phi) is 11.6. The van der Waals surface area contributed by atoms with Gasteiger partial charge in [0.15, 0.2) is 0 Å². The molecule has 8 aromatic carbocycles. The monoisotopic (exact) mass is 1010 g/mol. The maximum absolute atomic E-state index is 6.48. The van der Waals surface area contributed by atoms with Gasteiger partial charge in [-0.05, 0) is 74.8 Å². The Morgan fingerprint density at radius 1 is 0.635 bits per heavy atom. The predicted molar refractivity (Wildman–Crippen MR) is 263 cm³/mol. The van der Waals surface area contributed by atoms with Crippen molar-refractivity contribution in [1.82, 2.24) is 14.5 Å². The van der Waals surface area contributed by atoms with E-state index < -0.39 is 8.07 Å². The molecule has 0 saturated carbocycles. The van der Waals surface area contributed by atoms with Crippen LogP contribution in [-0.4, -0.2) is 22.6 Å². The number of aromatic nitrogens is 3. The Balaban J connectivity index is 0.000000204. The summed E-state index contributed by atoms with van der Waals surface area (Å²) in [6, 6.07) is 65.9. The number of rotatable bonds is 7. The van der Waals surface area contributed by atoms with E-state index in [4.69, 9.17) is 9.40 Å². The first kappa shape index (κ1) is 41.9. The van der Waals surface area contributed by atoms with Gasteiger partial charge in [-0.2, -0.15) is 0 Å². The molecule has 0 aliphatic carbocycles. The van der Waals surface area contributed by atoms with Gasteiger partial charge in [-0.15, -0.1) is 54.1 Å². The van der Waals surface area contributed by atoms with Crippen molar-refractivity contribution < 1.29 is 24.5 Å². The molecule has 1 radical (unpaired) electrons. The van der Waals surface area contributed by atoms with E-state index in [-0.39, 0.29) is 20.1 Å². The van der Waals surface area contributed by atoms with E-state index in [1.54, 1.807) is 0 Å². The van der Waals surface area contributed by atoms with Crippen LogP contribution in [0.1, 0.15) is 19.4 Å². The van der Waals surface area contributed by atoms with Crippen molar-refractivity contribution in [3.05, 3.63) is 194 Å². The van der Waals surface area contributed by atoms with Crippen molar-refractivity contribution >= 4 is 67.8 Å². The molecule has 0 saturated heterocycles. The first-order valence-electron chi connectivity index (χ1n) is 21.5. The van der Waals surface area contributed by atoms with Crippen molar-refractivity contribution in [2.24, 2.45) is 5.92 Å². The number of hydrogen-bond acceptors (Lipinski definition) is 3. The zero-order valence-corrected chi connectivity index (χ0v) is 39.5. The molecule has 11 aromatic rings. The summed E-state index contributed by atoms with van der Waals surface area (Å²) in [4.78, 5) is 10.1. The quantitative estimate of drug-likeness (QED) is 0.0908. The van der Waals surface area contributed by atoms with Gasteiger partial charge in [-0.3, -0.25) is 4.98 Å². The maximum Gasteiger partial charge on any atom is 0.120 e. The molecule has 4 nitrogen and oxygen atoms in total. The van der Waals surface area contributed by atoms with Gasteiger partial charge in [0.1, 0.15) is 5.58 Å². The van der Waals surface area contributed by atoms with Crippen LogP contribution in [0.5, 0.6) is 0 Å². The van der Waals surface area contributed by atoms with E-state index in [0.29, 0.717) is 5.92 Å². The average molecular weight is 1010 g/mol. The van der Waals surface area contributed by atoms with Gasteiger partial charge >= 0.3 is 0 Å². The minimum Gasteiger partial charge on any atom is -0.501 e. The molecule has 6 heteroatoms. The van der Waals surface area contributed by atoms with Crippen LogP contribution < -0.4 is 5.19 Å². The second-order valence-electron chi connectivity index (χ2n) is 17.5. The standard InChI is InChI=1S/C39H23N2O.C18H24NSi.Ir/c1-2-10-25(11-3-1)27-13-8-14-28(24-27)41-35-23-22-30-29-15-5-4-12-26(29)20-21-32(30)37(35)40-39(41)34-18-9-17-33-31-16-6-7-19-36(31)42-38(33)34;1-14(2)11-16-12-17(15-9-7-6-8-10-15)19-13-18(16)20(3,4)5;/h1-17,19-24H;6-9,12-14H,11H2,1-5H3;/q2*-1;. The molecular weight excluding hydrogens is 963 g/mol. The summed E-state index contributed by atoms with van der Waals surface area (Å²) in [5.74, 6) is 1.47. The minimum absolute atomic E-state index is 0. The zero-order chi connectivity index (χ0) is 42.4. The van der Waals surface area contributed by atoms with Crippen molar-refractivity contribution in [3.63, 3.8) is 0 Å². The Hall–Kier alpha value is -6.43. The topological polar surface area (TPSA) is 43.9 Å². The number of hydrogen-bond donors (Lipinski definition) is 0. The van der Waals surface area contributed by atoms with Crippen LogP contribution in [0.3, 0.4) is 0 Å². The molecule has 3 heterocycles. The van der Waals surface area contributed by atoms with E-state index in [1.165, 1.54) is 32.5 Å². The van der Waals surface area contributed by atoms with E-state index in [1.807, 2.05) is 42.5 Å². The SMILES string of the molecule is CC(C)Cc1cc(-c2[c-]cccc2)ncc1[Si](C)(C)C.[Ir].[c-]1ccc2c(oc3ccccc32)c1-c1nc2c3ccc4ccccc4c3ccc2n1-c1cccc(-c2ccccc2)c1. The first-order valence-corrected chi connectivity index (χ1v) is 25.0. The molecule has 311 valence electrons. The van der Waals surface area contributed by atoms with E-state index in [2.05, 4.69) is 189 Å². The van der Waals surface area contributed by atoms with Crippen LogP contribution in [0.15, 0.2) is 180 Å². The van der Waals surface area contributed by atoms with Crippen LogP contribution in [0, 0.1) is 18.1 Å². The van der Waals surface area contributed by atoms with Crippen molar-refractivity contribution in [2.75, 3.05) is 0 Å². The molecule has 0 atom stereocenters. The van der Waals surface area contributed by atoms with Crippen molar-refractivity contribution in [2.45, 2.75) is 39.9 Å². The number of benzene rings is 8. The molecule has 0 fully saturated rings. The van der Waals surface area contributed by atoms with Gasteiger partial charge in [-0.25, -0.2) is 0 Å². The summed E-state index contributed by atoms with van der Waals surface area (Å²) in [7, 11) is -1.34. The Morgan fingerprint density at radius 3 is 2.17 bits per heavy atom. The molecule has 11 rings (SSSR count). The summed E-state index contributed by atoms with van der Waals surface area (Å²) in [6.07, 6.45) is 3.24. The van der Waals surface area contributed by atoms with Crippen LogP contribution in [0.25, 0.3) is 94.0 Å². The Bertz CT molecular complexity index is 3400. The molecule has 0 spiro atoms. The van der Waals surface area contributed by atoms with Crippen LogP contribution in [0.4, 0.5) is 0 Å². The normalized spacial score (nSPS) is 11.7. The summed E-state index contributed by atoms with van der Waals surface area (Å²) >= 11 is 0. The van der Waals surface area contributed by atoms with E-state index in [0.717, 1.165) is 78.7 Å². The summed E-state index contributed by atoms with van der Waals surface area (Å²) in [5, 5.41) is 8.42. The number of nitrogens with zero attached hydrogens (tertiary/aromatic N) is 3. The van der Waals surface area contributed by atoms with Gasteiger partial charge < -0.3 is 14.0 Å². The number of furan rings is 1. The molecule has 3 aromatic heterocycles. The molecule has 0 amide bonds. The molecule has 0 unspecified atom stereocenters. The maximum atomic E-state index is 6.48. The summed E-state index contributed by atoms with van der Waals surface area (Å²) in [6.45, 7) is 11.7. The fourth-order valence-corrected chi connectivity index (χ4v) is 10.4. The predicted octanol–water partition coefficient (Wildman–Crippen LogP) is 14.7. The van der Waals surface area contributed by atoms with Crippen molar-refractivity contribution in [3.8, 4) is 39.5 Å². The van der Waals surface area contributed by atoms with Gasteiger partial charge in [0.05, 0.1) is 30.5 Å². The molecule has 0 aliphatic heterocycles. The Morgan fingerprint density at radius 2 is 1.38 bits per heavy atom. The summed E-state index contributed by atoms with van der Waals surface area (Å²) < 4.78 is 8.74. The third-order valence-corrected chi connectivity index (χ3v) is 13.8. The fourth-order valence-electron chi connectivity index (χ4n) is 8.85. The van der Waals surface area contributed by atoms with Gasteiger partial charge in [0.25, 0.3) is 0 Å². The first-order chi connectivity index (χ1) is 30.2. The number of imidazole rings is 1. The number of fused-ring (bicyclic) bond motifs is 8. The van der Waals surface area contributed by atoms with Crippen LogP contribution in [-0.2, 0) is 26.5 Å².